The zero-order chi connectivity index (χ0) is 15.5. The third kappa shape index (κ3) is 3.36. The average Bonchev–Trinajstić information content (AvgIpc) is 2.68. The number of likely N-dealkylation sites (N-methyl/N-ethyl adjacent to an activating group) is 1. The topological polar surface area (TPSA) is 65.5 Å². The van der Waals surface area contributed by atoms with Crippen LogP contribution in [0.5, 0.6) is 0 Å². The highest BCUT2D eigenvalue weighted by atomic mass is 32.2. The van der Waals surface area contributed by atoms with Gasteiger partial charge in [-0.3, -0.25) is 0 Å². The SMILES string of the molecule is CCC1CN(C)CCCN1S(=O)(=O)c1cccnc1NC. The molecule has 1 N–H and O–H groups in total. The average molecular weight is 312 g/mol. The Morgan fingerprint density at radius 2 is 2.19 bits per heavy atom. The van der Waals surface area contributed by atoms with Gasteiger partial charge in [-0.1, -0.05) is 6.92 Å². The molecular formula is C14H24N4O2S. The summed E-state index contributed by atoms with van der Waals surface area (Å²) in [5, 5.41) is 2.87. The van der Waals surface area contributed by atoms with Crippen molar-refractivity contribution < 1.29 is 8.42 Å². The second-order valence-corrected chi connectivity index (χ2v) is 7.25. The minimum absolute atomic E-state index is 0.00686. The Kier molecular flexibility index (Phi) is 5.18. The van der Waals surface area contributed by atoms with Crippen LogP contribution >= 0.6 is 0 Å². The summed E-state index contributed by atoms with van der Waals surface area (Å²) >= 11 is 0. The van der Waals surface area contributed by atoms with Gasteiger partial charge in [0.05, 0.1) is 0 Å². The number of nitrogens with zero attached hydrogens (tertiary/aromatic N) is 3. The molecule has 1 unspecified atom stereocenters. The highest BCUT2D eigenvalue weighted by Gasteiger charge is 2.34. The fourth-order valence-corrected chi connectivity index (χ4v) is 4.66. The predicted octanol–water partition coefficient (Wildman–Crippen LogP) is 1.23. The Morgan fingerprint density at radius 1 is 1.43 bits per heavy atom. The zero-order valence-electron chi connectivity index (χ0n) is 12.9. The van der Waals surface area contributed by atoms with Crippen molar-refractivity contribution >= 4 is 15.8 Å². The van der Waals surface area contributed by atoms with Crippen molar-refractivity contribution in [3.8, 4) is 0 Å². The molecule has 0 saturated carbocycles. The summed E-state index contributed by atoms with van der Waals surface area (Å²) in [5.41, 5.74) is 0. The minimum Gasteiger partial charge on any atom is -0.372 e. The molecule has 7 heteroatoms. The Morgan fingerprint density at radius 3 is 2.86 bits per heavy atom. The Bertz CT molecular complexity index is 576. The largest absolute Gasteiger partial charge is 0.372 e. The summed E-state index contributed by atoms with van der Waals surface area (Å²) in [6, 6.07) is 3.29. The van der Waals surface area contributed by atoms with E-state index >= 15 is 0 Å². The van der Waals surface area contributed by atoms with E-state index in [0.717, 1.165) is 25.9 Å². The number of sulfonamides is 1. The van der Waals surface area contributed by atoms with Crippen molar-refractivity contribution in [2.24, 2.45) is 0 Å². The summed E-state index contributed by atoms with van der Waals surface area (Å²) < 4.78 is 27.7. The highest BCUT2D eigenvalue weighted by molar-refractivity contribution is 7.89. The lowest BCUT2D eigenvalue weighted by Gasteiger charge is -2.29. The maximum Gasteiger partial charge on any atom is 0.247 e. The third-order valence-electron chi connectivity index (χ3n) is 3.91. The third-order valence-corrected chi connectivity index (χ3v) is 5.90. The van der Waals surface area contributed by atoms with Crippen LogP contribution in [0, 0.1) is 0 Å². The van der Waals surface area contributed by atoms with E-state index in [9.17, 15) is 8.42 Å². The Labute approximate surface area is 127 Å². The molecule has 1 aromatic heterocycles. The molecule has 1 fully saturated rings. The van der Waals surface area contributed by atoms with E-state index in [1.807, 2.05) is 14.0 Å². The molecule has 0 radical (unpaired) electrons. The number of pyridine rings is 1. The lowest BCUT2D eigenvalue weighted by atomic mass is 10.2. The van der Waals surface area contributed by atoms with E-state index in [-0.39, 0.29) is 10.9 Å². The van der Waals surface area contributed by atoms with Crippen molar-refractivity contribution in [3.05, 3.63) is 18.3 Å². The van der Waals surface area contributed by atoms with Gasteiger partial charge in [0.25, 0.3) is 0 Å². The van der Waals surface area contributed by atoms with Crippen LogP contribution in [0.15, 0.2) is 23.2 Å². The molecule has 2 rings (SSSR count). The summed E-state index contributed by atoms with van der Waals surface area (Å²) in [5.74, 6) is 0.407. The van der Waals surface area contributed by atoms with Gasteiger partial charge in [0.2, 0.25) is 10.0 Å². The zero-order valence-corrected chi connectivity index (χ0v) is 13.7. The standard InChI is InChI=1S/C14H24N4O2S/c1-4-12-11-17(3)9-6-10-18(12)21(19,20)13-7-5-8-16-14(13)15-2/h5,7-8,12H,4,6,9-11H2,1-3H3,(H,15,16). The van der Waals surface area contributed by atoms with Gasteiger partial charge in [0, 0.05) is 32.4 Å². The van der Waals surface area contributed by atoms with Crippen molar-refractivity contribution in [1.29, 1.82) is 0 Å². The van der Waals surface area contributed by atoms with Crippen LogP contribution in [0.3, 0.4) is 0 Å². The van der Waals surface area contributed by atoms with Crippen molar-refractivity contribution in [1.82, 2.24) is 14.2 Å². The molecule has 21 heavy (non-hydrogen) atoms. The van der Waals surface area contributed by atoms with Crippen molar-refractivity contribution in [3.63, 3.8) is 0 Å². The van der Waals surface area contributed by atoms with Crippen LogP contribution in [-0.2, 0) is 10.0 Å². The molecule has 6 nitrogen and oxygen atoms in total. The smallest absolute Gasteiger partial charge is 0.247 e. The molecule has 1 atom stereocenters. The molecule has 0 bridgehead atoms. The molecule has 118 valence electrons. The van der Waals surface area contributed by atoms with Gasteiger partial charge in [-0.05, 0) is 38.6 Å². The second kappa shape index (κ2) is 6.72. The maximum absolute atomic E-state index is 13.0. The number of nitrogens with one attached hydrogen (secondary N) is 1. The molecule has 0 aromatic carbocycles. The quantitative estimate of drug-likeness (QED) is 0.906. The molecule has 1 aromatic rings. The molecule has 1 saturated heterocycles. The van der Waals surface area contributed by atoms with Crippen LogP contribution in [0.1, 0.15) is 19.8 Å². The molecule has 0 aliphatic carbocycles. The molecule has 1 aliphatic rings. The number of anilines is 1. The number of rotatable bonds is 4. The molecule has 1 aliphatic heterocycles. The van der Waals surface area contributed by atoms with Crippen LogP contribution in [0.4, 0.5) is 5.82 Å². The molecule has 0 amide bonds. The first-order chi connectivity index (χ1) is 10.0. The highest BCUT2D eigenvalue weighted by Crippen LogP contribution is 2.26. The summed E-state index contributed by atoms with van der Waals surface area (Å²) in [7, 11) is 0.202. The first kappa shape index (κ1) is 16.2. The van der Waals surface area contributed by atoms with Gasteiger partial charge in [0.15, 0.2) is 0 Å². The lowest BCUT2D eigenvalue weighted by Crippen LogP contribution is -2.43. The summed E-state index contributed by atoms with van der Waals surface area (Å²) in [4.78, 5) is 6.58. The van der Waals surface area contributed by atoms with E-state index in [0.29, 0.717) is 12.4 Å². The van der Waals surface area contributed by atoms with Gasteiger partial charge in [0.1, 0.15) is 10.7 Å². The van der Waals surface area contributed by atoms with Crippen LogP contribution in [0.25, 0.3) is 0 Å². The number of hydrogen-bond donors (Lipinski definition) is 1. The first-order valence-electron chi connectivity index (χ1n) is 7.33. The molecular weight excluding hydrogens is 288 g/mol. The molecule has 2 heterocycles. The number of hydrogen-bond acceptors (Lipinski definition) is 5. The summed E-state index contributed by atoms with van der Waals surface area (Å²) in [6.07, 6.45) is 3.25. The van der Waals surface area contributed by atoms with Crippen LogP contribution in [-0.4, -0.2) is 62.4 Å². The van der Waals surface area contributed by atoms with Crippen molar-refractivity contribution in [2.75, 3.05) is 39.0 Å². The second-order valence-electron chi connectivity index (χ2n) is 5.39. The molecule has 0 spiro atoms. The van der Waals surface area contributed by atoms with E-state index in [2.05, 4.69) is 15.2 Å². The minimum atomic E-state index is -3.53. The predicted molar refractivity (Wildman–Crippen MR) is 83.9 cm³/mol. The fourth-order valence-electron chi connectivity index (χ4n) is 2.78. The lowest BCUT2D eigenvalue weighted by molar-refractivity contribution is 0.270. The van der Waals surface area contributed by atoms with Gasteiger partial charge >= 0.3 is 0 Å². The van der Waals surface area contributed by atoms with Crippen molar-refractivity contribution in [2.45, 2.75) is 30.7 Å². The van der Waals surface area contributed by atoms with E-state index in [1.54, 1.807) is 29.7 Å². The van der Waals surface area contributed by atoms with Gasteiger partial charge in [-0.2, -0.15) is 4.31 Å². The maximum atomic E-state index is 13.0. The van der Waals surface area contributed by atoms with Gasteiger partial charge in [-0.15, -0.1) is 0 Å². The van der Waals surface area contributed by atoms with E-state index in [4.69, 9.17) is 0 Å². The monoisotopic (exact) mass is 312 g/mol. The van der Waals surface area contributed by atoms with Gasteiger partial charge < -0.3 is 10.2 Å². The van der Waals surface area contributed by atoms with E-state index in [1.165, 1.54) is 0 Å². The number of aromatic nitrogens is 1. The normalized spacial score (nSPS) is 22.0. The Hall–Kier alpha value is -1.18. The first-order valence-corrected chi connectivity index (χ1v) is 8.77. The summed E-state index contributed by atoms with van der Waals surface area (Å²) in [6.45, 7) is 4.29. The van der Waals surface area contributed by atoms with Crippen LogP contribution < -0.4 is 5.32 Å². The van der Waals surface area contributed by atoms with Gasteiger partial charge in [-0.25, -0.2) is 13.4 Å². The van der Waals surface area contributed by atoms with E-state index < -0.39 is 10.0 Å². The Balaban J connectivity index is 2.41. The fraction of sp³-hybridized carbons (Fsp3) is 0.643. The van der Waals surface area contributed by atoms with Crippen LogP contribution in [0.2, 0.25) is 0 Å².